The van der Waals surface area contributed by atoms with Gasteiger partial charge in [-0.05, 0) is 34.4 Å². The van der Waals surface area contributed by atoms with Crippen LogP contribution in [-0.2, 0) is 0 Å². The highest BCUT2D eigenvalue weighted by atomic mass is 28.3. The van der Waals surface area contributed by atoms with E-state index in [9.17, 15) is 0 Å². The Balaban J connectivity index is 1.48. The van der Waals surface area contributed by atoms with E-state index in [1.165, 1.54) is 96.3 Å². The molecular formula is C33H60Si3. The highest BCUT2D eigenvalue weighted by molar-refractivity contribution is 6.69. The fourth-order valence-corrected chi connectivity index (χ4v) is 21.1. The molecule has 0 nitrogen and oxygen atoms in total. The molecule has 0 N–H and O–H groups in total. The first-order chi connectivity index (χ1) is 17.7. The molecule has 0 spiro atoms. The average molecular weight is 541 g/mol. The van der Waals surface area contributed by atoms with E-state index in [1.54, 1.807) is 37.4 Å². The maximum absolute atomic E-state index is 4.51. The molecule has 0 aromatic rings. The predicted molar refractivity (Wildman–Crippen MR) is 171 cm³/mol. The van der Waals surface area contributed by atoms with Gasteiger partial charge in [-0.2, -0.15) is 0 Å². The molecule has 0 unspecified atom stereocenters. The van der Waals surface area contributed by atoms with Crippen molar-refractivity contribution in [3.8, 4) is 0 Å². The summed E-state index contributed by atoms with van der Waals surface area (Å²) in [5.41, 5.74) is 10.8. The average Bonchev–Trinajstić information content (AvgIpc) is 2.94. The van der Waals surface area contributed by atoms with E-state index in [-0.39, 0.29) is 0 Å². The van der Waals surface area contributed by atoms with Crippen molar-refractivity contribution in [2.45, 2.75) is 150 Å². The van der Waals surface area contributed by atoms with Crippen LogP contribution in [0.4, 0.5) is 0 Å². The first kappa shape index (κ1) is 28.9. The predicted octanol–water partition coefficient (Wildman–Crippen LogP) is 9.88. The lowest BCUT2D eigenvalue weighted by Crippen LogP contribution is -2.37. The van der Waals surface area contributed by atoms with E-state index in [2.05, 4.69) is 36.8 Å². The van der Waals surface area contributed by atoms with Crippen molar-refractivity contribution in [3.63, 3.8) is 0 Å². The Labute approximate surface area is 230 Å². The molecule has 0 heterocycles. The summed E-state index contributed by atoms with van der Waals surface area (Å²) < 4.78 is 0. The van der Waals surface area contributed by atoms with Crippen LogP contribution in [0.2, 0.25) is 34.8 Å². The lowest BCUT2D eigenvalue weighted by atomic mass is 9.91. The van der Waals surface area contributed by atoms with E-state index < -0.39 is 26.4 Å². The summed E-state index contributed by atoms with van der Waals surface area (Å²) >= 11 is 0. The highest BCUT2D eigenvalue weighted by Gasteiger charge is 2.40. The lowest BCUT2D eigenvalue weighted by Gasteiger charge is -2.44. The molecule has 0 aliphatic heterocycles. The first-order valence-corrected chi connectivity index (χ1v) is 23.0. The van der Waals surface area contributed by atoms with Crippen molar-refractivity contribution in [2.75, 3.05) is 0 Å². The van der Waals surface area contributed by atoms with Gasteiger partial charge in [-0.15, -0.1) is 36.8 Å². The summed E-state index contributed by atoms with van der Waals surface area (Å²) in [6.45, 7) is 13.5. The molecule has 4 aliphatic rings. The molecule has 4 fully saturated rings. The quantitative estimate of drug-likeness (QED) is 0.216. The smallest absolute Gasteiger partial charge is 0.0640 e. The van der Waals surface area contributed by atoms with Crippen LogP contribution in [0.25, 0.3) is 0 Å². The molecular weight excluding hydrogens is 481 g/mol. The van der Waals surface area contributed by atoms with Gasteiger partial charge in [0.2, 0.25) is 0 Å². The molecule has 0 amide bonds. The number of hydrogen-bond acceptors (Lipinski definition) is 0. The van der Waals surface area contributed by atoms with Gasteiger partial charge in [0.1, 0.15) is 0 Å². The number of rotatable bonds is 12. The topological polar surface area (TPSA) is 0 Å². The fraction of sp³-hybridized carbons (Fsp3) is 0.818. The third kappa shape index (κ3) is 8.43. The van der Waals surface area contributed by atoms with Gasteiger partial charge in [0.25, 0.3) is 0 Å². The fourth-order valence-electron chi connectivity index (χ4n) is 9.37. The van der Waals surface area contributed by atoms with Crippen LogP contribution in [-0.4, -0.2) is 26.4 Å². The first-order valence-electron chi connectivity index (χ1n) is 16.6. The van der Waals surface area contributed by atoms with Gasteiger partial charge in [-0.25, -0.2) is 0 Å². The zero-order valence-electron chi connectivity index (χ0n) is 23.9. The van der Waals surface area contributed by atoms with Crippen LogP contribution in [0.1, 0.15) is 116 Å². The molecule has 3 heteroatoms. The van der Waals surface area contributed by atoms with Crippen LogP contribution in [0, 0.1) is 17.8 Å². The molecule has 0 bridgehead atoms. The molecule has 0 radical (unpaired) electrons. The van der Waals surface area contributed by atoms with Crippen LogP contribution in [0.15, 0.2) is 36.8 Å². The van der Waals surface area contributed by atoms with E-state index in [4.69, 9.17) is 0 Å². The highest BCUT2D eigenvalue weighted by Crippen LogP contribution is 2.51. The Bertz CT molecular complexity index is 560. The van der Waals surface area contributed by atoms with Gasteiger partial charge >= 0.3 is 0 Å². The molecule has 0 atom stereocenters. The third-order valence-electron chi connectivity index (χ3n) is 11.5. The van der Waals surface area contributed by atoms with Gasteiger partial charge in [-0.3, -0.25) is 0 Å². The zero-order valence-corrected chi connectivity index (χ0v) is 27.4. The van der Waals surface area contributed by atoms with Crippen LogP contribution in [0.3, 0.4) is 0 Å². The van der Waals surface area contributed by atoms with Crippen molar-refractivity contribution >= 4 is 26.4 Å². The van der Waals surface area contributed by atoms with Crippen LogP contribution >= 0.6 is 0 Å². The minimum absolute atomic E-state index is 0.899. The summed E-state index contributed by atoms with van der Waals surface area (Å²) in [5.74, 6) is 3.12. The summed E-state index contributed by atoms with van der Waals surface area (Å²) in [5, 5.41) is 0. The standard InChI is InChI=1S/C33H60Si3/c1-4-34(25-28-16-10-7-11-17-28)31-22-32(35(5-2)26-29-18-12-8-13-19-29)24-33(23-31)36(6-3)27-30-20-14-9-15-21-30/h4-6,28-36H,1-3,7-27H2. The van der Waals surface area contributed by atoms with E-state index in [0.717, 1.165) is 34.4 Å². The van der Waals surface area contributed by atoms with Crippen molar-refractivity contribution in [3.05, 3.63) is 36.8 Å². The van der Waals surface area contributed by atoms with Crippen LogP contribution in [0.5, 0.6) is 0 Å². The molecule has 204 valence electrons. The Morgan fingerprint density at radius 3 is 0.889 bits per heavy atom. The van der Waals surface area contributed by atoms with Gasteiger partial charge in [0.15, 0.2) is 0 Å². The summed E-state index contributed by atoms with van der Waals surface area (Å²) in [6, 6.07) is 4.75. The summed E-state index contributed by atoms with van der Waals surface area (Å²) in [7, 11) is -2.70. The lowest BCUT2D eigenvalue weighted by molar-refractivity contribution is 0.374. The molecule has 4 rings (SSSR count). The van der Waals surface area contributed by atoms with Gasteiger partial charge in [0, 0.05) is 0 Å². The minimum atomic E-state index is -0.899. The van der Waals surface area contributed by atoms with Crippen molar-refractivity contribution in [1.82, 2.24) is 0 Å². The molecule has 36 heavy (non-hydrogen) atoms. The second-order valence-electron chi connectivity index (χ2n) is 13.9. The Hall–Kier alpha value is -0.129. The molecule has 0 saturated heterocycles. The van der Waals surface area contributed by atoms with E-state index >= 15 is 0 Å². The van der Waals surface area contributed by atoms with Gasteiger partial charge in [-0.1, -0.05) is 134 Å². The SMILES string of the molecule is C=C[SiH](CC1CCCCC1)C1CC([SiH](C=C)CC2CCCCC2)CC([SiH](C=C)CC2CCCCC2)C1. The van der Waals surface area contributed by atoms with Crippen molar-refractivity contribution < 1.29 is 0 Å². The Kier molecular flexibility index (Phi) is 12.4. The second-order valence-corrected chi connectivity index (χ2v) is 23.5. The van der Waals surface area contributed by atoms with Crippen LogP contribution < -0.4 is 0 Å². The summed E-state index contributed by atoms with van der Waals surface area (Å²) in [6.07, 6.45) is 27.3. The minimum Gasteiger partial charge on any atom is -0.107 e. The van der Waals surface area contributed by atoms with Gasteiger partial charge < -0.3 is 0 Å². The zero-order chi connectivity index (χ0) is 25.2. The molecule has 4 saturated carbocycles. The number of hydrogen-bond donors (Lipinski definition) is 0. The summed E-state index contributed by atoms with van der Waals surface area (Å²) in [4.78, 5) is 0. The molecule has 0 aromatic heterocycles. The second kappa shape index (κ2) is 15.5. The van der Waals surface area contributed by atoms with E-state index in [1.807, 2.05) is 0 Å². The van der Waals surface area contributed by atoms with Gasteiger partial charge in [0.05, 0.1) is 26.4 Å². The van der Waals surface area contributed by atoms with Crippen molar-refractivity contribution in [2.24, 2.45) is 17.8 Å². The van der Waals surface area contributed by atoms with Crippen molar-refractivity contribution in [1.29, 1.82) is 0 Å². The Morgan fingerprint density at radius 2 is 0.667 bits per heavy atom. The monoisotopic (exact) mass is 540 g/mol. The third-order valence-corrected chi connectivity index (χ3v) is 22.2. The maximum Gasteiger partial charge on any atom is 0.0640 e. The Morgan fingerprint density at radius 1 is 0.417 bits per heavy atom. The van der Waals surface area contributed by atoms with E-state index in [0.29, 0.717) is 0 Å². The molecule has 0 aromatic carbocycles. The molecule has 4 aliphatic carbocycles. The normalized spacial score (nSPS) is 31.8. The maximum atomic E-state index is 4.51. The largest absolute Gasteiger partial charge is 0.107 e.